The molecular weight excluding hydrogens is 246 g/mol. The molecule has 5 heteroatoms. The predicted octanol–water partition coefficient (Wildman–Crippen LogP) is 1.60. The maximum absolute atomic E-state index is 12.2. The highest BCUT2D eigenvalue weighted by Gasteiger charge is 2.25. The summed E-state index contributed by atoms with van der Waals surface area (Å²) in [7, 11) is 1.69. The van der Waals surface area contributed by atoms with Crippen LogP contribution in [0.2, 0.25) is 0 Å². The number of carbonyl (C=O) groups excluding carboxylic acids is 1. The van der Waals surface area contributed by atoms with Crippen molar-refractivity contribution in [2.75, 3.05) is 26.8 Å². The van der Waals surface area contributed by atoms with E-state index in [9.17, 15) is 15.0 Å². The first-order chi connectivity index (χ1) is 9.11. The SMILES string of the molecule is COCC1CCN(C(=O)c2ccc(O)cc2O)CC1. The molecule has 0 bridgehead atoms. The number of benzene rings is 1. The van der Waals surface area contributed by atoms with E-state index in [1.165, 1.54) is 18.2 Å². The quantitative estimate of drug-likeness (QED) is 0.871. The largest absolute Gasteiger partial charge is 0.508 e. The first kappa shape index (κ1) is 13.7. The Morgan fingerprint density at radius 2 is 2.05 bits per heavy atom. The number of aromatic hydroxyl groups is 2. The Morgan fingerprint density at radius 1 is 1.37 bits per heavy atom. The van der Waals surface area contributed by atoms with Crippen molar-refractivity contribution in [2.24, 2.45) is 5.92 Å². The smallest absolute Gasteiger partial charge is 0.257 e. The van der Waals surface area contributed by atoms with Crippen LogP contribution in [-0.4, -0.2) is 47.8 Å². The number of carbonyl (C=O) groups is 1. The second kappa shape index (κ2) is 5.93. The zero-order valence-corrected chi connectivity index (χ0v) is 11.0. The molecule has 19 heavy (non-hydrogen) atoms. The fourth-order valence-corrected chi connectivity index (χ4v) is 2.41. The van der Waals surface area contributed by atoms with Crippen LogP contribution < -0.4 is 0 Å². The van der Waals surface area contributed by atoms with Crippen LogP contribution in [0.4, 0.5) is 0 Å². The summed E-state index contributed by atoms with van der Waals surface area (Å²) in [5.74, 6) is 0.0905. The van der Waals surface area contributed by atoms with Crippen LogP contribution >= 0.6 is 0 Å². The summed E-state index contributed by atoms with van der Waals surface area (Å²) < 4.78 is 5.12. The lowest BCUT2D eigenvalue weighted by Crippen LogP contribution is -2.39. The molecule has 1 fully saturated rings. The number of likely N-dealkylation sites (tertiary alicyclic amines) is 1. The summed E-state index contributed by atoms with van der Waals surface area (Å²) in [5, 5.41) is 18.9. The molecule has 104 valence electrons. The lowest BCUT2D eigenvalue weighted by Gasteiger charge is -2.31. The summed E-state index contributed by atoms with van der Waals surface area (Å²) in [6, 6.07) is 4.05. The zero-order valence-electron chi connectivity index (χ0n) is 11.0. The summed E-state index contributed by atoms with van der Waals surface area (Å²) in [6.07, 6.45) is 1.83. The number of hydrogen-bond donors (Lipinski definition) is 2. The molecule has 0 spiro atoms. The van der Waals surface area contributed by atoms with E-state index < -0.39 is 0 Å². The Bertz CT molecular complexity index is 453. The second-order valence-electron chi connectivity index (χ2n) is 4.89. The number of rotatable bonds is 3. The van der Waals surface area contributed by atoms with Crippen molar-refractivity contribution in [1.29, 1.82) is 0 Å². The molecule has 2 rings (SSSR count). The Morgan fingerprint density at radius 3 is 2.63 bits per heavy atom. The van der Waals surface area contributed by atoms with Crippen molar-refractivity contribution in [2.45, 2.75) is 12.8 Å². The maximum atomic E-state index is 12.2. The van der Waals surface area contributed by atoms with Crippen LogP contribution in [0.1, 0.15) is 23.2 Å². The van der Waals surface area contributed by atoms with Crippen molar-refractivity contribution in [3.05, 3.63) is 23.8 Å². The molecule has 1 aliphatic rings. The first-order valence-electron chi connectivity index (χ1n) is 6.42. The van der Waals surface area contributed by atoms with Gasteiger partial charge in [-0.1, -0.05) is 0 Å². The molecule has 5 nitrogen and oxygen atoms in total. The molecule has 1 saturated heterocycles. The van der Waals surface area contributed by atoms with Gasteiger partial charge in [0.05, 0.1) is 5.56 Å². The highest BCUT2D eigenvalue weighted by atomic mass is 16.5. The molecule has 1 aromatic carbocycles. The number of ether oxygens (including phenoxy) is 1. The third kappa shape index (κ3) is 3.17. The zero-order chi connectivity index (χ0) is 13.8. The molecular formula is C14H19NO4. The number of amides is 1. The minimum atomic E-state index is -0.187. The molecule has 1 amide bonds. The lowest BCUT2D eigenvalue weighted by molar-refractivity contribution is 0.0611. The van der Waals surface area contributed by atoms with Crippen molar-refractivity contribution in [3.8, 4) is 11.5 Å². The van der Waals surface area contributed by atoms with E-state index in [0.717, 1.165) is 19.4 Å². The van der Waals surface area contributed by atoms with Gasteiger partial charge in [-0.05, 0) is 30.9 Å². The summed E-state index contributed by atoms with van der Waals surface area (Å²) in [4.78, 5) is 14.0. The monoisotopic (exact) mass is 265 g/mol. The molecule has 1 aromatic rings. The van der Waals surface area contributed by atoms with Crippen LogP contribution in [0, 0.1) is 5.92 Å². The van der Waals surface area contributed by atoms with Crippen LogP contribution in [-0.2, 0) is 4.74 Å². The molecule has 0 unspecified atom stereocenters. The van der Waals surface area contributed by atoms with Crippen molar-refractivity contribution in [3.63, 3.8) is 0 Å². The van der Waals surface area contributed by atoms with Crippen LogP contribution in [0.25, 0.3) is 0 Å². The van der Waals surface area contributed by atoms with E-state index in [0.29, 0.717) is 19.0 Å². The van der Waals surface area contributed by atoms with E-state index >= 15 is 0 Å². The Balaban J connectivity index is 2.01. The number of piperidine rings is 1. The molecule has 0 atom stereocenters. The van der Waals surface area contributed by atoms with Gasteiger partial charge in [0.2, 0.25) is 0 Å². The van der Waals surface area contributed by atoms with E-state index in [1.807, 2.05) is 0 Å². The van der Waals surface area contributed by atoms with E-state index in [1.54, 1.807) is 12.0 Å². The third-order valence-corrected chi connectivity index (χ3v) is 3.52. The van der Waals surface area contributed by atoms with Gasteiger partial charge in [-0.15, -0.1) is 0 Å². The fourth-order valence-electron chi connectivity index (χ4n) is 2.41. The summed E-state index contributed by atoms with van der Waals surface area (Å²) in [6.45, 7) is 2.08. The minimum Gasteiger partial charge on any atom is -0.508 e. The first-order valence-corrected chi connectivity index (χ1v) is 6.42. The predicted molar refractivity (Wildman–Crippen MR) is 70.3 cm³/mol. The highest BCUT2D eigenvalue weighted by Crippen LogP contribution is 2.26. The Hall–Kier alpha value is -1.75. The van der Waals surface area contributed by atoms with Gasteiger partial charge >= 0.3 is 0 Å². The number of methoxy groups -OCH3 is 1. The van der Waals surface area contributed by atoms with Gasteiger partial charge in [0, 0.05) is 32.9 Å². The topological polar surface area (TPSA) is 70.0 Å². The third-order valence-electron chi connectivity index (χ3n) is 3.52. The molecule has 1 aliphatic heterocycles. The lowest BCUT2D eigenvalue weighted by atomic mass is 9.97. The Kier molecular flexibility index (Phi) is 4.27. The van der Waals surface area contributed by atoms with Gasteiger partial charge in [-0.2, -0.15) is 0 Å². The molecule has 2 N–H and O–H groups in total. The molecule has 0 radical (unpaired) electrons. The normalized spacial score (nSPS) is 16.6. The number of phenols is 2. The van der Waals surface area contributed by atoms with Crippen LogP contribution in [0.15, 0.2) is 18.2 Å². The average Bonchev–Trinajstić information content (AvgIpc) is 2.39. The maximum Gasteiger partial charge on any atom is 0.257 e. The number of nitrogens with zero attached hydrogens (tertiary/aromatic N) is 1. The molecule has 0 aliphatic carbocycles. The van der Waals surface area contributed by atoms with Crippen molar-refractivity contribution >= 4 is 5.91 Å². The highest BCUT2D eigenvalue weighted by molar-refractivity contribution is 5.97. The van der Waals surface area contributed by atoms with Gasteiger partial charge in [0.25, 0.3) is 5.91 Å². The molecule has 0 aromatic heterocycles. The summed E-state index contributed by atoms with van der Waals surface area (Å²) in [5.41, 5.74) is 0.239. The van der Waals surface area contributed by atoms with E-state index in [2.05, 4.69) is 0 Å². The second-order valence-corrected chi connectivity index (χ2v) is 4.89. The minimum absolute atomic E-state index is 0.0483. The number of phenolic OH excluding ortho intramolecular Hbond substituents is 2. The summed E-state index contributed by atoms with van der Waals surface area (Å²) >= 11 is 0. The molecule has 1 heterocycles. The van der Waals surface area contributed by atoms with Gasteiger partial charge < -0.3 is 19.8 Å². The van der Waals surface area contributed by atoms with Gasteiger partial charge in [-0.3, -0.25) is 4.79 Å². The van der Waals surface area contributed by atoms with Crippen LogP contribution in [0.5, 0.6) is 11.5 Å². The number of hydrogen-bond acceptors (Lipinski definition) is 4. The fraction of sp³-hybridized carbons (Fsp3) is 0.500. The standard InChI is InChI=1S/C14H19NO4/c1-19-9-10-4-6-15(7-5-10)14(18)12-3-2-11(16)8-13(12)17/h2-3,8,10,16-17H,4-7,9H2,1H3. The van der Waals surface area contributed by atoms with E-state index in [4.69, 9.17) is 4.74 Å². The van der Waals surface area contributed by atoms with Gasteiger partial charge in [0.1, 0.15) is 11.5 Å². The van der Waals surface area contributed by atoms with Gasteiger partial charge in [-0.25, -0.2) is 0 Å². The van der Waals surface area contributed by atoms with Crippen molar-refractivity contribution in [1.82, 2.24) is 4.90 Å². The Labute approximate surface area is 112 Å². The molecule has 0 saturated carbocycles. The van der Waals surface area contributed by atoms with Gasteiger partial charge in [0.15, 0.2) is 0 Å². The van der Waals surface area contributed by atoms with Crippen LogP contribution in [0.3, 0.4) is 0 Å². The van der Waals surface area contributed by atoms with Crippen molar-refractivity contribution < 1.29 is 19.7 Å². The van der Waals surface area contributed by atoms with E-state index in [-0.39, 0.29) is 23.0 Å². The average molecular weight is 265 g/mol.